The fraction of sp³-hybridized carbons (Fsp3) is 0.292. The van der Waals surface area contributed by atoms with Gasteiger partial charge in [0.15, 0.2) is 11.9 Å². The van der Waals surface area contributed by atoms with Gasteiger partial charge in [0.2, 0.25) is 0 Å². The Labute approximate surface area is 180 Å². The van der Waals surface area contributed by atoms with Crippen molar-refractivity contribution in [2.75, 3.05) is 6.54 Å². The van der Waals surface area contributed by atoms with Gasteiger partial charge in [-0.1, -0.05) is 35.4 Å². The van der Waals surface area contributed by atoms with Crippen molar-refractivity contribution in [3.8, 4) is 0 Å². The minimum absolute atomic E-state index is 0.151. The van der Waals surface area contributed by atoms with Crippen LogP contribution < -0.4 is 5.32 Å². The van der Waals surface area contributed by atoms with Crippen LogP contribution in [0.15, 0.2) is 70.5 Å². The van der Waals surface area contributed by atoms with Crippen LogP contribution >= 0.6 is 11.6 Å². The second-order valence-electron chi connectivity index (χ2n) is 7.52. The van der Waals surface area contributed by atoms with Gasteiger partial charge in [0.05, 0.1) is 5.71 Å². The normalized spacial score (nSPS) is 21.9. The highest BCUT2D eigenvalue weighted by Crippen LogP contribution is 2.24. The lowest BCUT2D eigenvalue weighted by Crippen LogP contribution is -2.33. The standard InChI is InChI=1S/C24H23ClN2O3/c25-19-8-4-7-17(13-19)14-22-24(29)27-20-15-18(9-10-21(20)30-22)23(28)26-12-11-16-5-2-1-3-6-16/h4-5,7-10,13-15,21H,1-3,6,11-12H2,(H,26,28)/b22-14+. The molecule has 0 fully saturated rings. The highest BCUT2D eigenvalue weighted by Gasteiger charge is 2.29. The molecule has 1 heterocycles. The summed E-state index contributed by atoms with van der Waals surface area (Å²) in [6.45, 7) is 0.605. The number of hydrogen-bond acceptors (Lipinski definition) is 3. The molecular formula is C24H23ClN2O3. The number of nitrogens with zero attached hydrogens (tertiary/aromatic N) is 1. The predicted octanol–water partition coefficient (Wildman–Crippen LogP) is 4.55. The van der Waals surface area contributed by atoms with Crippen LogP contribution in [0, 0.1) is 0 Å². The van der Waals surface area contributed by atoms with E-state index in [1.807, 2.05) is 6.07 Å². The Morgan fingerprint density at radius 2 is 2.23 bits per heavy atom. The largest absolute Gasteiger partial charge is 0.474 e. The quantitative estimate of drug-likeness (QED) is 0.559. The first-order valence-corrected chi connectivity index (χ1v) is 10.6. The first kappa shape index (κ1) is 20.4. The second-order valence-corrected chi connectivity index (χ2v) is 7.95. The molecule has 0 saturated heterocycles. The molecule has 5 nitrogen and oxygen atoms in total. The molecule has 2 aliphatic carbocycles. The molecule has 30 heavy (non-hydrogen) atoms. The van der Waals surface area contributed by atoms with E-state index in [9.17, 15) is 9.59 Å². The number of benzene rings is 1. The maximum atomic E-state index is 12.5. The van der Waals surface area contributed by atoms with E-state index in [2.05, 4.69) is 16.4 Å². The van der Waals surface area contributed by atoms with Crippen molar-refractivity contribution in [2.24, 2.45) is 4.99 Å². The van der Waals surface area contributed by atoms with Crippen LogP contribution in [0.2, 0.25) is 5.02 Å². The van der Waals surface area contributed by atoms with Crippen molar-refractivity contribution in [2.45, 2.75) is 38.2 Å². The van der Waals surface area contributed by atoms with Crippen LogP contribution in [-0.2, 0) is 14.3 Å². The summed E-state index contributed by atoms with van der Waals surface area (Å²) < 4.78 is 5.80. The van der Waals surface area contributed by atoms with Crippen molar-refractivity contribution in [3.05, 3.63) is 76.1 Å². The summed E-state index contributed by atoms with van der Waals surface area (Å²) in [6.07, 6.45) is 14.1. The van der Waals surface area contributed by atoms with Gasteiger partial charge in [-0.05, 0) is 74.1 Å². The lowest BCUT2D eigenvalue weighted by atomic mass is 9.97. The molecule has 6 heteroatoms. The zero-order valence-corrected chi connectivity index (χ0v) is 17.3. The number of halogens is 1. The van der Waals surface area contributed by atoms with Crippen molar-refractivity contribution in [3.63, 3.8) is 0 Å². The second kappa shape index (κ2) is 9.26. The molecule has 0 radical (unpaired) electrons. The van der Waals surface area contributed by atoms with Gasteiger partial charge in [-0.2, -0.15) is 0 Å². The monoisotopic (exact) mass is 422 g/mol. The molecular weight excluding hydrogens is 400 g/mol. The summed E-state index contributed by atoms with van der Waals surface area (Å²) >= 11 is 5.99. The fourth-order valence-corrected chi connectivity index (χ4v) is 3.89. The van der Waals surface area contributed by atoms with Gasteiger partial charge < -0.3 is 10.1 Å². The molecule has 1 atom stereocenters. The average Bonchev–Trinajstić information content (AvgIpc) is 2.75. The molecule has 1 aromatic rings. The molecule has 1 aliphatic heterocycles. The Morgan fingerprint density at radius 1 is 1.33 bits per heavy atom. The number of rotatable bonds is 5. The summed E-state index contributed by atoms with van der Waals surface area (Å²) in [5, 5.41) is 3.53. The zero-order chi connectivity index (χ0) is 20.9. The van der Waals surface area contributed by atoms with Crippen molar-refractivity contribution >= 4 is 35.2 Å². The summed E-state index contributed by atoms with van der Waals surface area (Å²) in [5.41, 5.74) is 3.09. The zero-order valence-electron chi connectivity index (χ0n) is 16.6. The van der Waals surface area contributed by atoms with E-state index in [0.29, 0.717) is 22.9 Å². The van der Waals surface area contributed by atoms with E-state index in [0.717, 1.165) is 24.8 Å². The first-order valence-electron chi connectivity index (χ1n) is 10.2. The smallest absolute Gasteiger partial charge is 0.312 e. The van der Waals surface area contributed by atoms with Gasteiger partial charge in [-0.25, -0.2) is 4.99 Å². The number of ether oxygens (including phenoxy) is 1. The van der Waals surface area contributed by atoms with E-state index in [1.54, 1.807) is 42.5 Å². The van der Waals surface area contributed by atoms with Crippen LogP contribution in [-0.4, -0.2) is 30.2 Å². The number of fused-ring (bicyclic) bond motifs is 1. The SMILES string of the molecule is O=C(NCCC1=CCCCC1)C1=CC2=NC(=O)/C(=C\c3cccc(Cl)c3)OC2C=C1. The molecule has 0 saturated carbocycles. The molecule has 1 unspecified atom stereocenters. The number of hydrogen-bond donors (Lipinski definition) is 1. The first-order chi connectivity index (χ1) is 14.6. The fourth-order valence-electron chi connectivity index (χ4n) is 3.69. The lowest BCUT2D eigenvalue weighted by molar-refractivity contribution is -0.119. The van der Waals surface area contributed by atoms with E-state index >= 15 is 0 Å². The number of allylic oxidation sites excluding steroid dienone is 1. The predicted molar refractivity (Wildman–Crippen MR) is 118 cm³/mol. The molecule has 1 aromatic carbocycles. The number of carbonyl (C=O) groups excluding carboxylic acids is 2. The van der Waals surface area contributed by atoms with Gasteiger partial charge in [0.25, 0.3) is 5.91 Å². The van der Waals surface area contributed by atoms with Gasteiger partial charge in [-0.3, -0.25) is 9.59 Å². The van der Waals surface area contributed by atoms with Crippen LogP contribution in [0.4, 0.5) is 0 Å². The molecule has 0 aromatic heterocycles. The maximum absolute atomic E-state index is 12.5. The van der Waals surface area contributed by atoms with Crippen molar-refractivity contribution in [1.82, 2.24) is 5.32 Å². The molecule has 1 N–H and O–H groups in total. The number of carbonyl (C=O) groups is 2. The summed E-state index contributed by atoms with van der Waals surface area (Å²) in [5.74, 6) is -0.494. The van der Waals surface area contributed by atoms with Crippen molar-refractivity contribution < 1.29 is 14.3 Å². The highest BCUT2D eigenvalue weighted by molar-refractivity contribution is 6.30. The van der Waals surface area contributed by atoms with Gasteiger partial charge in [0.1, 0.15) is 0 Å². The molecule has 4 rings (SSSR count). The number of aliphatic imine (C=N–C) groups is 1. The Bertz CT molecular complexity index is 1020. The van der Waals surface area contributed by atoms with E-state index in [-0.39, 0.29) is 11.7 Å². The minimum Gasteiger partial charge on any atom is -0.474 e. The topological polar surface area (TPSA) is 67.8 Å². The Morgan fingerprint density at radius 3 is 3.03 bits per heavy atom. The van der Waals surface area contributed by atoms with Crippen LogP contribution in [0.25, 0.3) is 6.08 Å². The summed E-state index contributed by atoms with van der Waals surface area (Å²) in [4.78, 5) is 29.0. The van der Waals surface area contributed by atoms with Crippen LogP contribution in [0.3, 0.4) is 0 Å². The molecule has 154 valence electrons. The van der Waals surface area contributed by atoms with Crippen molar-refractivity contribution in [1.29, 1.82) is 0 Å². The minimum atomic E-state index is -0.489. The van der Waals surface area contributed by atoms with Gasteiger partial charge >= 0.3 is 5.91 Å². The lowest BCUT2D eigenvalue weighted by Gasteiger charge is -2.24. The summed E-state index contributed by atoms with van der Waals surface area (Å²) in [7, 11) is 0. The average molecular weight is 423 g/mol. The molecule has 0 bridgehead atoms. The van der Waals surface area contributed by atoms with Crippen LogP contribution in [0.1, 0.15) is 37.7 Å². The molecule has 0 spiro atoms. The third kappa shape index (κ3) is 4.97. The third-order valence-electron chi connectivity index (χ3n) is 5.27. The Balaban J connectivity index is 1.40. The van der Waals surface area contributed by atoms with E-state index in [4.69, 9.17) is 16.3 Å². The summed E-state index contributed by atoms with van der Waals surface area (Å²) in [6, 6.07) is 7.14. The third-order valence-corrected chi connectivity index (χ3v) is 5.50. The van der Waals surface area contributed by atoms with Crippen LogP contribution in [0.5, 0.6) is 0 Å². The molecule has 3 aliphatic rings. The Hall–Kier alpha value is -2.92. The highest BCUT2D eigenvalue weighted by atomic mass is 35.5. The van der Waals surface area contributed by atoms with E-state index < -0.39 is 12.0 Å². The van der Waals surface area contributed by atoms with Gasteiger partial charge in [0, 0.05) is 17.1 Å². The number of amides is 2. The van der Waals surface area contributed by atoms with Gasteiger partial charge in [-0.15, -0.1) is 0 Å². The Kier molecular flexibility index (Phi) is 6.29. The molecule has 2 amide bonds. The van der Waals surface area contributed by atoms with E-state index in [1.165, 1.54) is 18.4 Å². The maximum Gasteiger partial charge on any atom is 0.312 e. The number of nitrogens with one attached hydrogen (secondary N) is 1.